The van der Waals surface area contributed by atoms with Crippen LogP contribution >= 0.6 is 23.5 Å². The molecule has 168 valence electrons. The van der Waals surface area contributed by atoms with E-state index in [0.717, 1.165) is 6.42 Å². The number of hydrogen-bond acceptors (Lipinski definition) is 10. The molecule has 1 saturated carbocycles. The highest BCUT2D eigenvalue weighted by atomic mass is 31.3. The number of nitrogens with zero attached hydrogens (tertiary/aromatic N) is 4. The van der Waals surface area contributed by atoms with Gasteiger partial charge < -0.3 is 29.9 Å². The summed E-state index contributed by atoms with van der Waals surface area (Å²) in [5.41, 5.74) is 6.86. The van der Waals surface area contributed by atoms with Gasteiger partial charge in [-0.25, -0.2) is 28.6 Å². The Bertz CT molecular complexity index is 1060. The van der Waals surface area contributed by atoms with E-state index in [0.29, 0.717) is 30.6 Å². The van der Waals surface area contributed by atoms with E-state index >= 15 is 0 Å². The number of hydrogen-bond donors (Lipinski definition) is 5. The van der Waals surface area contributed by atoms with Gasteiger partial charge in [-0.1, -0.05) is 0 Å². The molecule has 2 unspecified atom stereocenters. The Morgan fingerprint density at radius 3 is 2.43 bits per heavy atom. The van der Waals surface area contributed by atoms with Crippen LogP contribution in [0.25, 0.3) is 11.2 Å². The fourth-order valence-electron chi connectivity index (χ4n) is 3.31. The standard InChI is InChI=1S/C12H20N5O10P3/c13-11-10-12(15-6-14-11)17(7-16-10)4-8-1-2-9(3-8)5-25-29(21,22)27-30(23,24)26-28(18,19)20/h6-9H,1-5H2,(H,21,22)(H,23,24)(H2,13,14,15)(H2,18,19,20)/t8-,9+/m0/s1. The summed E-state index contributed by atoms with van der Waals surface area (Å²) in [6, 6.07) is 0. The van der Waals surface area contributed by atoms with Crippen LogP contribution in [-0.2, 0) is 33.4 Å². The van der Waals surface area contributed by atoms with Crippen LogP contribution in [0.4, 0.5) is 5.82 Å². The van der Waals surface area contributed by atoms with Crippen LogP contribution in [0.1, 0.15) is 19.3 Å². The van der Waals surface area contributed by atoms with Gasteiger partial charge in [0.25, 0.3) is 0 Å². The molecule has 0 amide bonds. The van der Waals surface area contributed by atoms with Gasteiger partial charge in [0.15, 0.2) is 11.5 Å². The van der Waals surface area contributed by atoms with Crippen molar-refractivity contribution in [3.8, 4) is 0 Å². The Balaban J connectivity index is 1.52. The van der Waals surface area contributed by atoms with Crippen LogP contribution in [0.3, 0.4) is 0 Å². The number of fused-ring (bicyclic) bond motifs is 1. The van der Waals surface area contributed by atoms with E-state index < -0.39 is 23.5 Å². The molecule has 1 fully saturated rings. The molecule has 4 atom stereocenters. The quantitative estimate of drug-likeness (QED) is 0.313. The van der Waals surface area contributed by atoms with Crippen molar-refractivity contribution in [1.29, 1.82) is 0 Å². The summed E-state index contributed by atoms with van der Waals surface area (Å²) in [7, 11) is -16.0. The molecule has 0 aliphatic heterocycles. The highest BCUT2D eigenvalue weighted by Gasteiger charge is 2.41. The predicted octanol–water partition coefficient (Wildman–Crippen LogP) is 1.17. The molecule has 30 heavy (non-hydrogen) atoms. The average molecular weight is 487 g/mol. The van der Waals surface area contributed by atoms with Gasteiger partial charge in [0, 0.05) is 6.54 Å². The maximum absolute atomic E-state index is 11.8. The lowest BCUT2D eigenvalue weighted by Crippen LogP contribution is -2.10. The second kappa shape index (κ2) is 8.71. The van der Waals surface area contributed by atoms with E-state index in [1.54, 1.807) is 6.33 Å². The average Bonchev–Trinajstić information content (AvgIpc) is 3.18. The van der Waals surface area contributed by atoms with Crippen LogP contribution in [0.5, 0.6) is 0 Å². The molecule has 2 heterocycles. The second-order valence-corrected chi connectivity index (χ2v) is 11.2. The first-order valence-corrected chi connectivity index (χ1v) is 13.1. The van der Waals surface area contributed by atoms with Crippen molar-refractivity contribution in [3.63, 3.8) is 0 Å². The Hall–Kier alpha value is -1.24. The fraction of sp³-hybridized carbons (Fsp3) is 0.583. The zero-order chi connectivity index (χ0) is 22.2. The minimum absolute atomic E-state index is 0.144. The topological polar surface area (TPSA) is 229 Å². The summed E-state index contributed by atoms with van der Waals surface area (Å²) in [6.45, 7) is 0.318. The Morgan fingerprint density at radius 2 is 1.73 bits per heavy atom. The highest BCUT2D eigenvalue weighted by Crippen LogP contribution is 2.66. The molecule has 0 bridgehead atoms. The Morgan fingerprint density at radius 1 is 1.03 bits per heavy atom. The van der Waals surface area contributed by atoms with Crippen LogP contribution in [0, 0.1) is 11.8 Å². The fourth-order valence-corrected chi connectivity index (χ4v) is 6.40. The van der Waals surface area contributed by atoms with E-state index in [1.807, 2.05) is 4.57 Å². The number of nitrogens with two attached hydrogens (primary N) is 1. The Labute approximate surface area is 169 Å². The maximum Gasteiger partial charge on any atom is 0.490 e. The molecule has 3 rings (SSSR count). The number of imidazole rings is 1. The molecule has 15 nitrogen and oxygen atoms in total. The number of anilines is 1. The highest BCUT2D eigenvalue weighted by molar-refractivity contribution is 7.66. The van der Waals surface area contributed by atoms with Gasteiger partial charge in [-0.2, -0.15) is 8.62 Å². The molecular formula is C12H20N5O10P3. The van der Waals surface area contributed by atoms with Crippen LogP contribution < -0.4 is 5.73 Å². The molecule has 6 N–H and O–H groups in total. The molecule has 18 heteroatoms. The third-order valence-corrected chi connectivity index (χ3v) is 8.23. The van der Waals surface area contributed by atoms with Crippen molar-refractivity contribution in [3.05, 3.63) is 12.7 Å². The monoisotopic (exact) mass is 487 g/mol. The lowest BCUT2D eigenvalue weighted by molar-refractivity contribution is 0.153. The number of rotatable bonds is 9. The van der Waals surface area contributed by atoms with Gasteiger partial charge >= 0.3 is 23.5 Å². The summed E-state index contributed by atoms with van der Waals surface area (Å²) in [6.07, 6.45) is 5.01. The molecule has 2 aromatic heterocycles. The predicted molar refractivity (Wildman–Crippen MR) is 100 cm³/mol. The summed E-state index contributed by atoms with van der Waals surface area (Å²) in [5.74, 6) is 0.321. The number of phosphoric ester groups is 1. The van der Waals surface area contributed by atoms with Crippen LogP contribution in [-0.4, -0.2) is 45.7 Å². The van der Waals surface area contributed by atoms with Gasteiger partial charge in [0.2, 0.25) is 0 Å². The van der Waals surface area contributed by atoms with E-state index in [4.69, 9.17) is 24.9 Å². The number of phosphoric acid groups is 3. The Kier molecular flexibility index (Phi) is 6.80. The SMILES string of the molecule is Nc1ncnc2c1ncn2C[C@H]1CC[C@@H](COP(=O)(O)OP(=O)(O)OP(=O)(O)O)C1. The van der Waals surface area contributed by atoms with Crippen LogP contribution in [0.15, 0.2) is 12.7 Å². The molecular weight excluding hydrogens is 467 g/mol. The smallest absolute Gasteiger partial charge is 0.382 e. The van der Waals surface area contributed by atoms with Gasteiger partial charge in [-0.3, -0.25) is 4.52 Å². The first kappa shape index (κ1) is 23.4. The molecule has 0 saturated heterocycles. The normalized spacial score (nSPS) is 24.0. The molecule has 0 spiro atoms. The first-order valence-electron chi connectivity index (χ1n) is 8.53. The second-order valence-electron chi connectivity index (χ2n) is 6.76. The van der Waals surface area contributed by atoms with Crippen molar-refractivity contribution in [2.75, 3.05) is 12.3 Å². The van der Waals surface area contributed by atoms with Gasteiger partial charge in [0.05, 0.1) is 12.9 Å². The van der Waals surface area contributed by atoms with Gasteiger partial charge in [0.1, 0.15) is 11.8 Å². The van der Waals surface area contributed by atoms with Gasteiger partial charge in [-0.05, 0) is 31.1 Å². The van der Waals surface area contributed by atoms with E-state index in [1.165, 1.54) is 6.33 Å². The third-order valence-electron chi connectivity index (χ3n) is 4.42. The van der Waals surface area contributed by atoms with E-state index in [2.05, 4.69) is 23.6 Å². The maximum atomic E-state index is 11.8. The zero-order valence-electron chi connectivity index (χ0n) is 15.3. The molecule has 2 aromatic rings. The summed E-state index contributed by atoms with van der Waals surface area (Å²) in [5, 5.41) is 0. The van der Waals surface area contributed by atoms with Crippen LogP contribution in [0.2, 0.25) is 0 Å². The number of aromatic nitrogens is 4. The first-order chi connectivity index (χ1) is 13.8. The molecule has 0 radical (unpaired) electrons. The van der Waals surface area contributed by atoms with Crippen molar-refractivity contribution < 1.29 is 46.4 Å². The largest absolute Gasteiger partial charge is 0.490 e. The summed E-state index contributed by atoms with van der Waals surface area (Å²) < 4.78 is 47.7. The van der Waals surface area contributed by atoms with Gasteiger partial charge in [-0.15, -0.1) is 0 Å². The zero-order valence-corrected chi connectivity index (χ0v) is 18.0. The lowest BCUT2D eigenvalue weighted by atomic mass is 10.1. The van der Waals surface area contributed by atoms with Crippen molar-refractivity contribution in [2.24, 2.45) is 11.8 Å². The summed E-state index contributed by atoms with van der Waals surface area (Å²) in [4.78, 5) is 47.9. The lowest BCUT2D eigenvalue weighted by Gasteiger charge is -2.18. The minimum atomic E-state index is -5.51. The third kappa shape index (κ3) is 6.38. The summed E-state index contributed by atoms with van der Waals surface area (Å²) >= 11 is 0. The number of nitrogen functional groups attached to an aromatic ring is 1. The van der Waals surface area contributed by atoms with E-state index in [-0.39, 0.29) is 24.3 Å². The van der Waals surface area contributed by atoms with Crippen molar-refractivity contribution >= 4 is 40.4 Å². The molecule has 1 aliphatic carbocycles. The molecule has 1 aliphatic rings. The van der Waals surface area contributed by atoms with E-state index in [9.17, 15) is 18.6 Å². The molecule has 0 aromatic carbocycles. The van der Waals surface area contributed by atoms with Crippen molar-refractivity contribution in [2.45, 2.75) is 25.8 Å². The van der Waals surface area contributed by atoms with Crippen molar-refractivity contribution in [1.82, 2.24) is 19.5 Å². The minimum Gasteiger partial charge on any atom is -0.382 e.